The number of ether oxygens (including phenoxy) is 4. The van der Waals surface area contributed by atoms with Crippen LogP contribution in [0.3, 0.4) is 0 Å². The lowest BCUT2D eigenvalue weighted by Crippen LogP contribution is -2.30. The van der Waals surface area contributed by atoms with Crippen LogP contribution in [0.25, 0.3) is 0 Å². The van der Waals surface area contributed by atoms with Crippen molar-refractivity contribution in [2.45, 2.75) is 285 Å². The Balaban J connectivity index is 5.24. The summed E-state index contributed by atoms with van der Waals surface area (Å²) in [6, 6.07) is 0. The average molecular weight is 1130 g/mol. The van der Waals surface area contributed by atoms with E-state index in [9.17, 15) is 43.2 Å². The van der Waals surface area contributed by atoms with Crippen molar-refractivity contribution in [3.8, 4) is 0 Å². The molecule has 0 heterocycles. The summed E-state index contributed by atoms with van der Waals surface area (Å²) in [4.78, 5) is 71.7. The van der Waals surface area contributed by atoms with E-state index in [1.54, 1.807) is 0 Å². The van der Waals surface area contributed by atoms with Crippen LogP contribution in [0.4, 0.5) is 0 Å². The number of unbranched alkanes of at least 4 members (excludes halogenated alkanes) is 22. The van der Waals surface area contributed by atoms with Crippen LogP contribution in [0, 0.1) is 17.8 Å². The quantitative estimate of drug-likeness (QED) is 0.0222. The molecule has 76 heavy (non-hydrogen) atoms. The van der Waals surface area contributed by atoms with E-state index in [4.69, 9.17) is 37.0 Å². The third kappa shape index (κ3) is 50.3. The highest BCUT2D eigenvalue weighted by Crippen LogP contribution is 2.45. The van der Waals surface area contributed by atoms with E-state index in [0.29, 0.717) is 37.5 Å². The van der Waals surface area contributed by atoms with E-state index < -0.39 is 97.5 Å². The van der Waals surface area contributed by atoms with Crippen molar-refractivity contribution < 1.29 is 80.2 Å². The molecule has 3 unspecified atom stereocenters. The number of phosphoric ester groups is 2. The number of esters is 4. The number of aliphatic hydroxyl groups excluding tert-OH is 1. The second-order valence-corrected chi connectivity index (χ2v) is 24.8. The first-order valence-corrected chi connectivity index (χ1v) is 32.9. The zero-order valence-corrected chi connectivity index (χ0v) is 50.5. The fraction of sp³-hybridized carbons (Fsp3) is 0.930. The third-order valence-corrected chi connectivity index (χ3v) is 15.1. The summed E-state index contributed by atoms with van der Waals surface area (Å²) < 4.78 is 67.5. The Bertz CT molecular complexity index is 1530. The molecule has 0 rings (SSSR count). The monoisotopic (exact) mass is 1130 g/mol. The van der Waals surface area contributed by atoms with Crippen molar-refractivity contribution in [1.82, 2.24) is 0 Å². The molecule has 3 N–H and O–H groups in total. The summed E-state index contributed by atoms with van der Waals surface area (Å²) in [5, 5.41) is 10.5. The molecule has 0 aliphatic carbocycles. The molecule has 17 nitrogen and oxygen atoms in total. The summed E-state index contributed by atoms with van der Waals surface area (Å²) in [6.07, 6.45) is 27.0. The molecule has 0 aromatic carbocycles. The molecule has 19 heteroatoms. The van der Waals surface area contributed by atoms with Gasteiger partial charge < -0.3 is 33.8 Å². The molecule has 0 bridgehead atoms. The van der Waals surface area contributed by atoms with Gasteiger partial charge in [-0.05, 0) is 43.4 Å². The van der Waals surface area contributed by atoms with E-state index in [1.165, 1.54) is 64.2 Å². The van der Waals surface area contributed by atoms with Crippen LogP contribution in [-0.4, -0.2) is 96.7 Å². The zero-order valence-electron chi connectivity index (χ0n) is 48.7. The Hall–Kier alpha value is -1.94. The standard InChI is InChI=1S/C57H110O17P2/c1-8-10-11-12-13-14-24-31-38-54(59)67-44-52(73-56(61)40-33-26-19-16-22-29-36-49(5)6)46-71-75(63,64)69-42-51(58)43-70-76(65,66)72-47-53(45-68-55(60)39-32-25-18-15-21-28-35-48(3)4)74-57(62)41-34-27-20-17-23-30-37-50(7)9-2/h48-53,58H,8-47H2,1-7H3,(H,63,64)(H,65,66)/t50?,51-,52+,53+/m0/s1. The zero-order chi connectivity index (χ0) is 56.7. The van der Waals surface area contributed by atoms with Crippen LogP contribution < -0.4 is 0 Å². The summed E-state index contributed by atoms with van der Waals surface area (Å²) in [7, 11) is -9.87. The van der Waals surface area contributed by atoms with Crippen LogP contribution in [0.1, 0.15) is 267 Å². The largest absolute Gasteiger partial charge is 0.472 e. The van der Waals surface area contributed by atoms with Crippen molar-refractivity contribution in [2.24, 2.45) is 17.8 Å². The minimum absolute atomic E-state index is 0.101. The van der Waals surface area contributed by atoms with Crippen LogP contribution in [0.2, 0.25) is 0 Å². The van der Waals surface area contributed by atoms with Gasteiger partial charge in [-0.25, -0.2) is 9.13 Å². The van der Waals surface area contributed by atoms with Crippen molar-refractivity contribution in [1.29, 1.82) is 0 Å². The maximum atomic E-state index is 12.9. The topological polar surface area (TPSA) is 237 Å². The van der Waals surface area contributed by atoms with Gasteiger partial charge >= 0.3 is 39.5 Å². The molecular formula is C57H110O17P2. The van der Waals surface area contributed by atoms with Gasteiger partial charge in [-0.3, -0.25) is 37.3 Å². The van der Waals surface area contributed by atoms with Gasteiger partial charge in [-0.1, -0.05) is 215 Å². The highest BCUT2D eigenvalue weighted by molar-refractivity contribution is 7.47. The first-order valence-electron chi connectivity index (χ1n) is 29.9. The first kappa shape index (κ1) is 74.1. The van der Waals surface area contributed by atoms with Gasteiger partial charge in [0.15, 0.2) is 12.2 Å². The Kier molecular flexibility index (Phi) is 47.7. The molecule has 6 atom stereocenters. The SMILES string of the molecule is CCCCCCCCCCC(=O)OC[C@H](COP(=O)(O)OC[C@H](O)COP(=O)(O)OC[C@@H](COC(=O)CCCCCCCCC(C)C)OC(=O)CCCCCCCCC(C)CC)OC(=O)CCCCCCCCC(C)C. The molecule has 0 aromatic rings. The second kappa shape index (κ2) is 48.9. The Morgan fingerprint density at radius 3 is 1.00 bits per heavy atom. The normalized spacial score (nSPS) is 14.9. The molecule has 0 saturated heterocycles. The fourth-order valence-electron chi connectivity index (χ4n) is 8.21. The molecule has 450 valence electrons. The van der Waals surface area contributed by atoms with Gasteiger partial charge in [0.25, 0.3) is 0 Å². The summed E-state index contributed by atoms with van der Waals surface area (Å²) in [5.41, 5.74) is 0. The number of rotatable bonds is 55. The summed E-state index contributed by atoms with van der Waals surface area (Å²) in [6.45, 7) is 11.5. The molecule has 0 saturated carbocycles. The van der Waals surface area contributed by atoms with Crippen LogP contribution in [-0.2, 0) is 65.4 Å². The molecule has 0 amide bonds. The van der Waals surface area contributed by atoms with Crippen molar-refractivity contribution >= 4 is 39.5 Å². The molecular weight excluding hydrogens is 1020 g/mol. The van der Waals surface area contributed by atoms with E-state index in [0.717, 1.165) is 109 Å². The third-order valence-electron chi connectivity index (χ3n) is 13.2. The number of carbonyl (C=O) groups excluding carboxylic acids is 4. The van der Waals surface area contributed by atoms with Gasteiger partial charge in [0.1, 0.15) is 19.3 Å². The van der Waals surface area contributed by atoms with E-state index in [2.05, 4.69) is 48.5 Å². The number of phosphoric acid groups is 2. The predicted octanol–water partition coefficient (Wildman–Crippen LogP) is 14.8. The molecule has 0 spiro atoms. The highest BCUT2D eigenvalue weighted by atomic mass is 31.2. The Morgan fingerprint density at radius 1 is 0.382 bits per heavy atom. The summed E-state index contributed by atoms with van der Waals surface area (Å²) in [5.74, 6) is -0.0873. The van der Waals surface area contributed by atoms with Crippen molar-refractivity contribution in [3.05, 3.63) is 0 Å². The van der Waals surface area contributed by atoms with Gasteiger partial charge in [0, 0.05) is 25.7 Å². The van der Waals surface area contributed by atoms with E-state index >= 15 is 0 Å². The lowest BCUT2D eigenvalue weighted by atomic mass is 10.00. The maximum absolute atomic E-state index is 12.9. The average Bonchev–Trinajstić information content (AvgIpc) is 3.37. The van der Waals surface area contributed by atoms with Gasteiger partial charge in [-0.2, -0.15) is 0 Å². The maximum Gasteiger partial charge on any atom is 0.472 e. The summed E-state index contributed by atoms with van der Waals surface area (Å²) >= 11 is 0. The highest BCUT2D eigenvalue weighted by Gasteiger charge is 2.30. The molecule has 0 radical (unpaired) electrons. The van der Waals surface area contributed by atoms with Crippen LogP contribution >= 0.6 is 15.6 Å². The number of carbonyl (C=O) groups is 4. The first-order chi connectivity index (χ1) is 36.3. The van der Waals surface area contributed by atoms with Gasteiger partial charge in [0.2, 0.25) is 0 Å². The van der Waals surface area contributed by atoms with Gasteiger partial charge in [-0.15, -0.1) is 0 Å². The van der Waals surface area contributed by atoms with Crippen molar-refractivity contribution in [3.63, 3.8) is 0 Å². The molecule has 0 aliphatic heterocycles. The molecule has 0 fully saturated rings. The predicted molar refractivity (Wildman–Crippen MR) is 298 cm³/mol. The van der Waals surface area contributed by atoms with Crippen LogP contribution in [0.15, 0.2) is 0 Å². The Labute approximate surface area is 460 Å². The second-order valence-electron chi connectivity index (χ2n) is 21.9. The lowest BCUT2D eigenvalue weighted by molar-refractivity contribution is -0.161. The van der Waals surface area contributed by atoms with E-state index in [1.807, 2.05) is 0 Å². The molecule has 0 aromatic heterocycles. The Morgan fingerprint density at radius 2 is 0.671 bits per heavy atom. The fourth-order valence-corrected chi connectivity index (χ4v) is 9.79. The van der Waals surface area contributed by atoms with Crippen molar-refractivity contribution in [2.75, 3.05) is 39.6 Å². The number of hydrogen-bond acceptors (Lipinski definition) is 15. The van der Waals surface area contributed by atoms with Gasteiger partial charge in [0.05, 0.1) is 26.4 Å². The van der Waals surface area contributed by atoms with Crippen LogP contribution in [0.5, 0.6) is 0 Å². The van der Waals surface area contributed by atoms with E-state index in [-0.39, 0.29) is 25.7 Å². The minimum Gasteiger partial charge on any atom is -0.462 e. The lowest BCUT2D eigenvalue weighted by Gasteiger charge is -2.21. The molecule has 0 aliphatic rings. The smallest absolute Gasteiger partial charge is 0.462 e. The minimum atomic E-state index is -4.94. The number of aliphatic hydroxyl groups is 1. The number of hydrogen-bond donors (Lipinski definition) is 3.